The van der Waals surface area contributed by atoms with Crippen LogP contribution in [-0.4, -0.2) is 48.7 Å². The molecule has 1 saturated heterocycles. The molecule has 5 nitrogen and oxygen atoms in total. The van der Waals surface area contributed by atoms with Crippen molar-refractivity contribution in [2.24, 2.45) is 11.8 Å². The molecule has 0 aromatic heterocycles. The van der Waals surface area contributed by atoms with E-state index in [4.69, 9.17) is 9.47 Å². The molecule has 0 bridgehead atoms. The molecule has 0 spiro atoms. The number of ether oxygens (including phenoxy) is 2. The second-order valence-corrected chi connectivity index (χ2v) is 5.50. The lowest BCUT2D eigenvalue weighted by Crippen LogP contribution is -2.44. The van der Waals surface area contributed by atoms with Gasteiger partial charge >= 0.3 is 5.97 Å². The zero-order chi connectivity index (χ0) is 15.3. The Hall–Kier alpha value is -1.10. The Bertz CT molecular complexity index is 345. The Morgan fingerprint density at radius 1 is 1.15 bits per heavy atom. The van der Waals surface area contributed by atoms with Gasteiger partial charge < -0.3 is 14.4 Å². The zero-order valence-electron chi connectivity index (χ0n) is 13.2. The molecule has 4 unspecified atom stereocenters. The number of hydrogen-bond donors (Lipinski definition) is 0. The van der Waals surface area contributed by atoms with Crippen LogP contribution in [0.5, 0.6) is 0 Å². The van der Waals surface area contributed by atoms with Gasteiger partial charge in [-0.2, -0.15) is 0 Å². The highest BCUT2D eigenvalue weighted by Crippen LogP contribution is 2.33. The van der Waals surface area contributed by atoms with E-state index >= 15 is 0 Å². The minimum atomic E-state index is -0.346. The van der Waals surface area contributed by atoms with Crippen molar-refractivity contribution in [3.63, 3.8) is 0 Å². The van der Waals surface area contributed by atoms with Crippen LogP contribution in [0.15, 0.2) is 0 Å². The molecule has 1 aliphatic rings. The lowest BCUT2D eigenvalue weighted by Gasteiger charge is -2.27. The molecule has 20 heavy (non-hydrogen) atoms. The van der Waals surface area contributed by atoms with Crippen LogP contribution in [0.3, 0.4) is 0 Å². The third-order valence-corrected chi connectivity index (χ3v) is 3.96. The normalized spacial score (nSPS) is 29.2. The fourth-order valence-corrected chi connectivity index (χ4v) is 2.80. The van der Waals surface area contributed by atoms with Crippen LogP contribution in [-0.2, 0) is 19.1 Å². The highest BCUT2D eigenvalue weighted by Gasteiger charge is 2.43. The van der Waals surface area contributed by atoms with Gasteiger partial charge in [0.25, 0.3) is 0 Å². The Labute approximate surface area is 121 Å². The van der Waals surface area contributed by atoms with E-state index in [0.717, 1.165) is 6.42 Å². The third kappa shape index (κ3) is 3.95. The van der Waals surface area contributed by atoms with Gasteiger partial charge in [0.1, 0.15) is 6.54 Å². The van der Waals surface area contributed by atoms with E-state index in [9.17, 15) is 9.59 Å². The van der Waals surface area contributed by atoms with Crippen LogP contribution in [0.1, 0.15) is 41.0 Å². The van der Waals surface area contributed by atoms with Crippen molar-refractivity contribution >= 4 is 11.9 Å². The SMILES string of the molecule is CCCN(CC(=O)OCC)C(=O)C1C(C)OC(C)C1C. The second kappa shape index (κ2) is 7.62. The van der Waals surface area contributed by atoms with Gasteiger partial charge in [-0.25, -0.2) is 0 Å². The molecule has 0 aromatic rings. The van der Waals surface area contributed by atoms with Crippen LogP contribution in [0.25, 0.3) is 0 Å². The van der Waals surface area contributed by atoms with E-state index in [1.165, 1.54) is 0 Å². The summed E-state index contributed by atoms with van der Waals surface area (Å²) in [6.45, 7) is 10.6. The molecule has 0 aromatic carbocycles. The van der Waals surface area contributed by atoms with Gasteiger partial charge in [0.2, 0.25) is 5.91 Å². The molecule has 116 valence electrons. The average molecular weight is 285 g/mol. The maximum Gasteiger partial charge on any atom is 0.325 e. The second-order valence-electron chi connectivity index (χ2n) is 5.50. The summed E-state index contributed by atoms with van der Waals surface area (Å²) in [5.41, 5.74) is 0. The molecule has 1 heterocycles. The van der Waals surface area contributed by atoms with Gasteiger partial charge in [-0.3, -0.25) is 9.59 Å². The van der Waals surface area contributed by atoms with Gasteiger partial charge in [-0.15, -0.1) is 0 Å². The molecule has 0 aliphatic carbocycles. The smallest absolute Gasteiger partial charge is 0.325 e. The maximum atomic E-state index is 12.7. The number of carbonyl (C=O) groups is 2. The number of rotatable bonds is 6. The number of hydrogen-bond acceptors (Lipinski definition) is 4. The molecule has 5 heteroatoms. The predicted molar refractivity (Wildman–Crippen MR) is 76.2 cm³/mol. The van der Waals surface area contributed by atoms with E-state index in [1.807, 2.05) is 27.7 Å². The molecule has 1 rings (SSSR count). The van der Waals surface area contributed by atoms with Crippen LogP contribution >= 0.6 is 0 Å². The van der Waals surface area contributed by atoms with E-state index < -0.39 is 0 Å². The Morgan fingerprint density at radius 2 is 1.80 bits per heavy atom. The van der Waals surface area contributed by atoms with Crippen molar-refractivity contribution in [2.45, 2.75) is 53.2 Å². The fourth-order valence-electron chi connectivity index (χ4n) is 2.80. The van der Waals surface area contributed by atoms with E-state index in [-0.39, 0.29) is 42.5 Å². The molecule has 0 radical (unpaired) electrons. The molecule has 1 amide bonds. The van der Waals surface area contributed by atoms with Crippen molar-refractivity contribution < 1.29 is 19.1 Å². The van der Waals surface area contributed by atoms with Gasteiger partial charge in [0.15, 0.2) is 0 Å². The lowest BCUT2D eigenvalue weighted by atomic mass is 9.88. The largest absolute Gasteiger partial charge is 0.465 e. The summed E-state index contributed by atoms with van der Waals surface area (Å²) in [7, 11) is 0. The van der Waals surface area contributed by atoms with E-state index in [0.29, 0.717) is 13.2 Å². The fraction of sp³-hybridized carbons (Fsp3) is 0.867. The summed E-state index contributed by atoms with van der Waals surface area (Å²) in [4.78, 5) is 25.9. The van der Waals surface area contributed by atoms with Crippen molar-refractivity contribution in [1.82, 2.24) is 4.90 Å². The van der Waals surface area contributed by atoms with E-state index in [1.54, 1.807) is 11.8 Å². The summed E-state index contributed by atoms with van der Waals surface area (Å²) in [5.74, 6) is -0.351. The Kier molecular flexibility index (Phi) is 6.46. The van der Waals surface area contributed by atoms with Crippen molar-refractivity contribution in [3.05, 3.63) is 0 Å². The zero-order valence-corrected chi connectivity index (χ0v) is 13.2. The van der Waals surface area contributed by atoms with Crippen LogP contribution in [0.4, 0.5) is 0 Å². The summed E-state index contributed by atoms with van der Waals surface area (Å²) >= 11 is 0. The first-order chi connectivity index (χ1) is 9.42. The Balaban J connectivity index is 2.75. The van der Waals surface area contributed by atoms with Gasteiger partial charge in [0.05, 0.1) is 24.7 Å². The van der Waals surface area contributed by atoms with Crippen LogP contribution in [0.2, 0.25) is 0 Å². The van der Waals surface area contributed by atoms with E-state index in [2.05, 4.69) is 0 Å². The molecule has 1 aliphatic heterocycles. The number of amides is 1. The predicted octanol–water partition coefficient (Wildman–Crippen LogP) is 1.85. The highest BCUT2D eigenvalue weighted by atomic mass is 16.5. The first-order valence-electron chi connectivity index (χ1n) is 7.52. The van der Waals surface area contributed by atoms with Crippen LogP contribution in [0, 0.1) is 11.8 Å². The monoisotopic (exact) mass is 285 g/mol. The third-order valence-electron chi connectivity index (χ3n) is 3.96. The molecule has 1 fully saturated rings. The summed E-state index contributed by atoms with van der Waals surface area (Å²) in [6, 6.07) is 0. The molecule has 0 saturated carbocycles. The minimum absolute atomic E-state index is 0.00394. The maximum absolute atomic E-state index is 12.7. The average Bonchev–Trinajstić information content (AvgIpc) is 2.62. The van der Waals surface area contributed by atoms with Gasteiger partial charge in [0, 0.05) is 6.54 Å². The molecular formula is C15H27NO4. The number of carbonyl (C=O) groups excluding carboxylic acids is 2. The van der Waals surface area contributed by atoms with Gasteiger partial charge in [-0.05, 0) is 33.1 Å². The van der Waals surface area contributed by atoms with Crippen molar-refractivity contribution in [2.75, 3.05) is 19.7 Å². The summed E-state index contributed by atoms with van der Waals surface area (Å²) in [6.07, 6.45) is 0.788. The number of nitrogens with zero attached hydrogens (tertiary/aromatic N) is 1. The van der Waals surface area contributed by atoms with Gasteiger partial charge in [-0.1, -0.05) is 13.8 Å². The highest BCUT2D eigenvalue weighted by molar-refractivity contribution is 5.84. The lowest BCUT2D eigenvalue weighted by molar-refractivity contribution is -0.151. The first kappa shape index (κ1) is 17.0. The standard InChI is InChI=1S/C15H27NO4/c1-6-8-16(9-13(17)19-7-2)15(18)14-10(3)11(4)20-12(14)5/h10-12,14H,6-9H2,1-5H3. The quantitative estimate of drug-likeness (QED) is 0.699. The van der Waals surface area contributed by atoms with Crippen molar-refractivity contribution in [1.29, 1.82) is 0 Å². The molecule has 0 N–H and O–H groups in total. The summed E-state index contributed by atoms with van der Waals surface area (Å²) < 4.78 is 10.7. The molecule has 4 atom stereocenters. The molecular weight excluding hydrogens is 258 g/mol. The minimum Gasteiger partial charge on any atom is -0.465 e. The van der Waals surface area contributed by atoms with Crippen molar-refractivity contribution in [3.8, 4) is 0 Å². The number of esters is 1. The van der Waals surface area contributed by atoms with Crippen LogP contribution < -0.4 is 0 Å². The Morgan fingerprint density at radius 3 is 2.25 bits per heavy atom. The first-order valence-corrected chi connectivity index (χ1v) is 7.52. The summed E-state index contributed by atoms with van der Waals surface area (Å²) in [5, 5.41) is 0. The topological polar surface area (TPSA) is 55.8 Å².